The maximum absolute atomic E-state index is 13.0. The predicted molar refractivity (Wildman–Crippen MR) is 66.1 cm³/mol. The molecule has 2 N–H and O–H groups in total. The van der Waals surface area contributed by atoms with Crippen molar-refractivity contribution in [1.29, 1.82) is 0 Å². The van der Waals surface area contributed by atoms with Gasteiger partial charge in [0.05, 0.1) is 6.20 Å². The van der Waals surface area contributed by atoms with Crippen molar-refractivity contribution in [2.24, 2.45) is 7.05 Å². The second-order valence-electron chi connectivity index (χ2n) is 4.12. The maximum atomic E-state index is 13.0. The van der Waals surface area contributed by atoms with Crippen LogP contribution < -0.4 is 10.9 Å². The minimum absolute atomic E-state index is 0.231. The van der Waals surface area contributed by atoms with E-state index in [9.17, 15) is 14.0 Å². The number of amides is 1. The first-order chi connectivity index (χ1) is 8.99. The molecule has 6 nitrogen and oxygen atoms in total. The summed E-state index contributed by atoms with van der Waals surface area (Å²) in [6, 6.07) is 0.907. The van der Waals surface area contributed by atoms with Gasteiger partial charge in [-0.25, -0.2) is 4.39 Å². The lowest BCUT2D eigenvalue weighted by atomic mass is 10.2. The largest absolute Gasteiger partial charge is 0.348 e. The molecule has 0 saturated heterocycles. The van der Waals surface area contributed by atoms with E-state index < -0.39 is 17.3 Å². The molecule has 0 aromatic carbocycles. The summed E-state index contributed by atoms with van der Waals surface area (Å²) in [4.78, 5) is 25.3. The Labute approximate surface area is 108 Å². The molecule has 0 unspecified atom stereocenters. The molecule has 2 aromatic heterocycles. The minimum atomic E-state index is -0.665. The number of H-pyrrole nitrogens is 1. The second kappa shape index (κ2) is 5.05. The topological polar surface area (TPSA) is 79.8 Å². The number of carbonyl (C=O) groups is 1. The molecule has 0 aliphatic carbocycles. The zero-order valence-corrected chi connectivity index (χ0v) is 10.5. The van der Waals surface area contributed by atoms with Gasteiger partial charge in [-0.2, -0.15) is 5.10 Å². The van der Waals surface area contributed by atoms with Gasteiger partial charge in [0, 0.05) is 31.0 Å². The first kappa shape index (κ1) is 13.0. The van der Waals surface area contributed by atoms with Crippen molar-refractivity contribution in [3.05, 3.63) is 51.5 Å². The zero-order chi connectivity index (χ0) is 14.0. The number of aromatic amines is 1. The van der Waals surface area contributed by atoms with Crippen LogP contribution in [-0.2, 0) is 13.6 Å². The Hall–Kier alpha value is -2.44. The highest BCUT2D eigenvalue weighted by Gasteiger charge is 2.12. The van der Waals surface area contributed by atoms with E-state index in [1.54, 1.807) is 17.9 Å². The molecule has 2 rings (SSSR count). The number of pyridine rings is 1. The fraction of sp³-hybridized carbons (Fsp3) is 0.250. The maximum Gasteiger partial charge on any atom is 0.260 e. The Morgan fingerprint density at radius 3 is 2.95 bits per heavy atom. The van der Waals surface area contributed by atoms with Gasteiger partial charge in [-0.15, -0.1) is 0 Å². The number of nitrogens with one attached hydrogen (secondary N) is 2. The summed E-state index contributed by atoms with van der Waals surface area (Å²) < 4.78 is 14.7. The molecular weight excluding hydrogens is 251 g/mol. The van der Waals surface area contributed by atoms with E-state index in [0.717, 1.165) is 23.5 Å². The van der Waals surface area contributed by atoms with Crippen molar-refractivity contribution < 1.29 is 9.18 Å². The van der Waals surface area contributed by atoms with Crippen molar-refractivity contribution in [3.63, 3.8) is 0 Å². The summed E-state index contributed by atoms with van der Waals surface area (Å²) >= 11 is 0. The molecular formula is C12H13FN4O2. The summed E-state index contributed by atoms with van der Waals surface area (Å²) in [5.41, 5.74) is 0.875. The SMILES string of the molecule is Cc1c(CNC(=O)c2cc(F)c[nH]c2=O)cnn1C. The van der Waals surface area contributed by atoms with E-state index in [4.69, 9.17) is 0 Å². The van der Waals surface area contributed by atoms with Crippen molar-refractivity contribution in [2.75, 3.05) is 0 Å². The number of aryl methyl sites for hydroxylation is 1. The van der Waals surface area contributed by atoms with E-state index in [0.29, 0.717) is 0 Å². The van der Waals surface area contributed by atoms with E-state index >= 15 is 0 Å². The average molecular weight is 264 g/mol. The minimum Gasteiger partial charge on any atom is -0.348 e. The molecule has 0 saturated carbocycles. The highest BCUT2D eigenvalue weighted by molar-refractivity contribution is 5.93. The highest BCUT2D eigenvalue weighted by atomic mass is 19.1. The molecule has 1 amide bonds. The molecule has 2 aromatic rings. The van der Waals surface area contributed by atoms with Crippen LogP contribution in [0, 0.1) is 12.7 Å². The Morgan fingerprint density at radius 2 is 2.32 bits per heavy atom. The van der Waals surface area contributed by atoms with Gasteiger partial charge in [0.25, 0.3) is 11.5 Å². The normalized spacial score (nSPS) is 10.5. The summed E-state index contributed by atoms with van der Waals surface area (Å²) in [7, 11) is 1.79. The van der Waals surface area contributed by atoms with E-state index in [1.807, 2.05) is 6.92 Å². The van der Waals surface area contributed by atoms with Crippen LogP contribution in [0.25, 0.3) is 0 Å². The molecule has 2 heterocycles. The van der Waals surface area contributed by atoms with E-state index in [2.05, 4.69) is 15.4 Å². The van der Waals surface area contributed by atoms with E-state index in [-0.39, 0.29) is 12.1 Å². The Bertz CT molecular complexity index is 675. The van der Waals surface area contributed by atoms with Gasteiger partial charge in [0.2, 0.25) is 0 Å². The predicted octanol–water partition coefficient (Wildman–Crippen LogP) is 0.486. The molecule has 0 bridgehead atoms. The van der Waals surface area contributed by atoms with Crippen molar-refractivity contribution in [3.8, 4) is 0 Å². The number of aromatic nitrogens is 3. The van der Waals surface area contributed by atoms with Crippen molar-refractivity contribution >= 4 is 5.91 Å². The van der Waals surface area contributed by atoms with Crippen LogP contribution in [0.15, 0.2) is 23.3 Å². The van der Waals surface area contributed by atoms with E-state index in [1.165, 1.54) is 0 Å². The lowest BCUT2D eigenvalue weighted by Gasteiger charge is -2.04. The highest BCUT2D eigenvalue weighted by Crippen LogP contribution is 2.05. The monoisotopic (exact) mass is 264 g/mol. The van der Waals surface area contributed by atoms with Crippen LogP contribution in [0.1, 0.15) is 21.6 Å². The smallest absolute Gasteiger partial charge is 0.260 e. The third-order valence-electron chi connectivity index (χ3n) is 2.89. The molecule has 0 aliphatic rings. The number of carbonyl (C=O) groups excluding carboxylic acids is 1. The number of hydrogen-bond acceptors (Lipinski definition) is 3. The molecule has 0 fully saturated rings. The lowest BCUT2D eigenvalue weighted by molar-refractivity contribution is 0.0949. The number of halogens is 1. The molecule has 0 atom stereocenters. The molecule has 19 heavy (non-hydrogen) atoms. The fourth-order valence-corrected chi connectivity index (χ4v) is 1.61. The number of nitrogens with zero attached hydrogens (tertiary/aromatic N) is 2. The van der Waals surface area contributed by atoms with Crippen molar-refractivity contribution in [1.82, 2.24) is 20.1 Å². The van der Waals surface area contributed by atoms with Gasteiger partial charge in [-0.3, -0.25) is 14.3 Å². The van der Waals surface area contributed by atoms with Gasteiger partial charge >= 0.3 is 0 Å². The summed E-state index contributed by atoms with van der Waals surface area (Å²) in [5, 5.41) is 6.59. The summed E-state index contributed by atoms with van der Waals surface area (Å²) in [6.07, 6.45) is 2.54. The summed E-state index contributed by atoms with van der Waals surface area (Å²) in [5.74, 6) is -1.29. The van der Waals surface area contributed by atoms with Crippen LogP contribution in [-0.4, -0.2) is 20.7 Å². The molecule has 0 radical (unpaired) electrons. The van der Waals surface area contributed by atoms with Crippen molar-refractivity contribution in [2.45, 2.75) is 13.5 Å². The van der Waals surface area contributed by atoms with Gasteiger partial charge in [-0.1, -0.05) is 0 Å². The summed E-state index contributed by atoms with van der Waals surface area (Å²) in [6.45, 7) is 2.10. The standard InChI is InChI=1S/C12H13FN4O2/c1-7-8(5-16-17(7)2)4-14-11(18)10-3-9(13)6-15-12(10)19/h3,5-6H,4H2,1-2H3,(H,14,18)(H,15,19). The Kier molecular flexibility index (Phi) is 3.46. The quantitative estimate of drug-likeness (QED) is 0.846. The Morgan fingerprint density at radius 1 is 1.58 bits per heavy atom. The third kappa shape index (κ3) is 2.70. The zero-order valence-electron chi connectivity index (χ0n) is 10.5. The van der Waals surface area contributed by atoms with Crippen LogP contribution in [0.3, 0.4) is 0 Å². The van der Waals surface area contributed by atoms with Crippen LogP contribution in [0.5, 0.6) is 0 Å². The van der Waals surface area contributed by atoms with Gasteiger partial charge in [0.15, 0.2) is 0 Å². The van der Waals surface area contributed by atoms with Gasteiger partial charge < -0.3 is 10.3 Å². The second-order valence-corrected chi connectivity index (χ2v) is 4.12. The van der Waals surface area contributed by atoms with Crippen LogP contribution in [0.4, 0.5) is 4.39 Å². The number of rotatable bonds is 3. The third-order valence-corrected chi connectivity index (χ3v) is 2.89. The molecule has 100 valence electrons. The first-order valence-electron chi connectivity index (χ1n) is 5.63. The molecule has 0 spiro atoms. The first-order valence-corrected chi connectivity index (χ1v) is 5.63. The fourth-order valence-electron chi connectivity index (χ4n) is 1.61. The van der Waals surface area contributed by atoms with Gasteiger partial charge in [0.1, 0.15) is 11.4 Å². The van der Waals surface area contributed by atoms with Crippen LogP contribution in [0.2, 0.25) is 0 Å². The number of hydrogen-bond donors (Lipinski definition) is 2. The molecule has 7 heteroatoms. The molecule has 0 aliphatic heterocycles. The average Bonchev–Trinajstić information content (AvgIpc) is 2.70. The van der Waals surface area contributed by atoms with Crippen LogP contribution >= 0.6 is 0 Å². The Balaban J connectivity index is 2.12. The lowest BCUT2D eigenvalue weighted by Crippen LogP contribution is -2.29. The van der Waals surface area contributed by atoms with Gasteiger partial charge in [-0.05, 0) is 13.0 Å².